The fourth-order valence-corrected chi connectivity index (χ4v) is 1.58. The average molecular weight is 340 g/mol. The number of thiocarbonyl (C=S) groups is 1. The van der Waals surface area contributed by atoms with Crippen molar-refractivity contribution in [1.82, 2.24) is 16.2 Å². The second-order valence-electron chi connectivity index (χ2n) is 4.21. The molecule has 0 bridgehead atoms. The van der Waals surface area contributed by atoms with Crippen molar-refractivity contribution in [2.24, 2.45) is 0 Å². The number of ether oxygens (including phenoxy) is 1. The number of amides is 2. The zero-order valence-electron chi connectivity index (χ0n) is 12.3. The van der Waals surface area contributed by atoms with Gasteiger partial charge in [-0.1, -0.05) is 0 Å². The van der Waals surface area contributed by atoms with Crippen LogP contribution in [0.25, 0.3) is 0 Å². The predicted octanol–water partition coefficient (Wildman–Crippen LogP) is 0.657. The highest BCUT2D eigenvalue weighted by Gasteiger charge is 2.11. The summed E-state index contributed by atoms with van der Waals surface area (Å²) < 4.78 is 5.02. The van der Waals surface area contributed by atoms with E-state index in [1.807, 2.05) is 6.92 Å². The molecule has 0 radical (unpaired) electrons. The third-order valence-electron chi connectivity index (χ3n) is 2.56. The molecule has 0 atom stereocenters. The molecule has 0 fully saturated rings. The molecule has 23 heavy (non-hydrogen) atoms. The lowest BCUT2D eigenvalue weighted by atomic mass is 10.2. The number of nitro groups is 1. The molecule has 0 heterocycles. The smallest absolute Gasteiger partial charge is 0.269 e. The van der Waals surface area contributed by atoms with E-state index >= 15 is 0 Å². The van der Waals surface area contributed by atoms with Crippen molar-refractivity contribution < 1.29 is 19.2 Å². The molecule has 0 aliphatic carbocycles. The third kappa shape index (κ3) is 6.80. The van der Waals surface area contributed by atoms with Crippen LogP contribution in [0.5, 0.6) is 0 Å². The second kappa shape index (κ2) is 9.43. The molecule has 0 aliphatic heterocycles. The highest BCUT2D eigenvalue weighted by Crippen LogP contribution is 2.11. The Morgan fingerprint density at radius 2 is 1.91 bits per heavy atom. The summed E-state index contributed by atoms with van der Waals surface area (Å²) in [5.74, 6) is -0.897. The third-order valence-corrected chi connectivity index (χ3v) is 2.76. The van der Waals surface area contributed by atoms with Gasteiger partial charge in [0.15, 0.2) is 5.11 Å². The van der Waals surface area contributed by atoms with Gasteiger partial charge < -0.3 is 4.74 Å². The van der Waals surface area contributed by atoms with Crippen LogP contribution in [-0.2, 0) is 9.53 Å². The molecule has 1 aromatic rings. The summed E-state index contributed by atoms with van der Waals surface area (Å²) in [6.45, 7) is 2.62. The summed E-state index contributed by atoms with van der Waals surface area (Å²) in [6, 6.07) is 5.02. The van der Waals surface area contributed by atoms with Crippen LogP contribution in [0.1, 0.15) is 23.7 Å². The van der Waals surface area contributed by atoms with E-state index in [1.165, 1.54) is 24.3 Å². The standard InChI is InChI=1S/C13H16N4O5S/c1-2-22-8-7-11(18)15-16-13(23)14-12(19)9-3-5-10(6-4-9)17(20)21/h3-6H,2,7-8H2,1H3,(H,15,18)(H2,14,16,19,23). The first kappa shape index (κ1) is 18.5. The van der Waals surface area contributed by atoms with E-state index in [4.69, 9.17) is 17.0 Å². The zero-order valence-corrected chi connectivity index (χ0v) is 13.1. The van der Waals surface area contributed by atoms with Gasteiger partial charge >= 0.3 is 0 Å². The fourth-order valence-electron chi connectivity index (χ4n) is 1.44. The largest absolute Gasteiger partial charge is 0.381 e. The van der Waals surface area contributed by atoms with Gasteiger partial charge in [0.25, 0.3) is 11.6 Å². The van der Waals surface area contributed by atoms with Gasteiger partial charge in [0.2, 0.25) is 5.91 Å². The number of hydrogen-bond acceptors (Lipinski definition) is 6. The molecule has 10 heteroatoms. The maximum absolute atomic E-state index is 11.9. The number of rotatable bonds is 6. The Hall–Kier alpha value is -2.59. The number of hydrogen-bond donors (Lipinski definition) is 3. The van der Waals surface area contributed by atoms with Crippen LogP contribution in [0.2, 0.25) is 0 Å². The summed E-state index contributed by atoms with van der Waals surface area (Å²) >= 11 is 4.85. The van der Waals surface area contributed by atoms with E-state index in [-0.39, 0.29) is 35.3 Å². The molecule has 124 valence electrons. The normalized spacial score (nSPS) is 9.78. The lowest BCUT2D eigenvalue weighted by Gasteiger charge is -2.10. The van der Waals surface area contributed by atoms with Gasteiger partial charge in [0, 0.05) is 24.3 Å². The molecule has 0 saturated carbocycles. The van der Waals surface area contributed by atoms with E-state index in [0.717, 1.165) is 0 Å². The van der Waals surface area contributed by atoms with Gasteiger partial charge in [0.05, 0.1) is 18.0 Å². The molecule has 0 aliphatic rings. The average Bonchev–Trinajstić information content (AvgIpc) is 2.53. The van der Waals surface area contributed by atoms with Crippen LogP contribution in [0.3, 0.4) is 0 Å². The second-order valence-corrected chi connectivity index (χ2v) is 4.62. The Kier molecular flexibility index (Phi) is 7.57. The number of non-ortho nitro benzene ring substituents is 1. The summed E-state index contributed by atoms with van der Waals surface area (Å²) in [6.07, 6.45) is 0.153. The summed E-state index contributed by atoms with van der Waals surface area (Å²) in [5, 5.41) is 12.8. The Labute approximate surface area is 137 Å². The van der Waals surface area contributed by atoms with E-state index in [2.05, 4.69) is 16.2 Å². The summed E-state index contributed by atoms with van der Waals surface area (Å²) in [4.78, 5) is 33.2. The SMILES string of the molecule is CCOCCC(=O)NNC(=S)NC(=O)c1ccc([N+](=O)[O-])cc1. The molecule has 1 rings (SSSR count). The molecule has 1 aromatic carbocycles. The monoisotopic (exact) mass is 340 g/mol. The van der Waals surface area contributed by atoms with E-state index in [9.17, 15) is 19.7 Å². The number of nitrogens with one attached hydrogen (secondary N) is 3. The molecular weight excluding hydrogens is 324 g/mol. The lowest BCUT2D eigenvalue weighted by Crippen LogP contribution is -2.48. The Bertz CT molecular complexity index is 591. The Balaban J connectivity index is 2.40. The molecule has 2 amide bonds. The van der Waals surface area contributed by atoms with Crippen molar-refractivity contribution in [2.45, 2.75) is 13.3 Å². The topological polar surface area (TPSA) is 123 Å². The van der Waals surface area contributed by atoms with E-state index in [1.54, 1.807) is 0 Å². The van der Waals surface area contributed by atoms with Gasteiger partial charge in [-0.3, -0.25) is 35.9 Å². The molecule has 9 nitrogen and oxygen atoms in total. The highest BCUT2D eigenvalue weighted by molar-refractivity contribution is 7.80. The molecule has 0 aromatic heterocycles. The molecule has 0 spiro atoms. The van der Waals surface area contributed by atoms with Gasteiger partial charge in [-0.05, 0) is 31.3 Å². The van der Waals surface area contributed by atoms with Crippen molar-refractivity contribution in [3.05, 3.63) is 39.9 Å². The number of nitrogens with zero attached hydrogens (tertiary/aromatic N) is 1. The van der Waals surface area contributed by atoms with Gasteiger partial charge in [-0.25, -0.2) is 0 Å². The first-order valence-electron chi connectivity index (χ1n) is 6.66. The Morgan fingerprint density at radius 3 is 2.48 bits per heavy atom. The van der Waals surface area contributed by atoms with Crippen LogP contribution in [0, 0.1) is 10.1 Å². The van der Waals surface area contributed by atoms with E-state index < -0.39 is 10.8 Å². The van der Waals surface area contributed by atoms with Gasteiger partial charge in [0.1, 0.15) is 0 Å². The number of hydrazine groups is 1. The Morgan fingerprint density at radius 1 is 1.26 bits per heavy atom. The fraction of sp³-hybridized carbons (Fsp3) is 0.308. The predicted molar refractivity (Wildman–Crippen MR) is 85.5 cm³/mol. The zero-order chi connectivity index (χ0) is 17.2. The number of benzene rings is 1. The summed E-state index contributed by atoms with van der Waals surface area (Å²) in [5.41, 5.74) is 4.76. The molecule has 0 saturated heterocycles. The van der Waals surface area contributed by atoms with Crippen molar-refractivity contribution in [3.8, 4) is 0 Å². The molecule has 0 unspecified atom stereocenters. The highest BCUT2D eigenvalue weighted by atomic mass is 32.1. The minimum atomic E-state index is -0.564. The minimum absolute atomic E-state index is 0.0990. The van der Waals surface area contributed by atoms with Crippen LogP contribution in [0.15, 0.2) is 24.3 Å². The summed E-state index contributed by atoms with van der Waals surface area (Å²) in [7, 11) is 0. The number of carbonyl (C=O) groups excluding carboxylic acids is 2. The van der Waals surface area contributed by atoms with Crippen molar-refractivity contribution in [1.29, 1.82) is 0 Å². The number of carbonyl (C=O) groups is 2. The maximum atomic E-state index is 11.9. The van der Waals surface area contributed by atoms with Crippen LogP contribution >= 0.6 is 12.2 Å². The van der Waals surface area contributed by atoms with Crippen LogP contribution < -0.4 is 16.2 Å². The first-order chi connectivity index (χ1) is 10.9. The minimum Gasteiger partial charge on any atom is -0.381 e. The lowest BCUT2D eigenvalue weighted by molar-refractivity contribution is -0.384. The first-order valence-corrected chi connectivity index (χ1v) is 7.07. The molecule has 3 N–H and O–H groups in total. The number of nitro benzene ring substituents is 1. The van der Waals surface area contributed by atoms with E-state index in [0.29, 0.717) is 6.61 Å². The van der Waals surface area contributed by atoms with Crippen molar-refractivity contribution in [2.75, 3.05) is 13.2 Å². The van der Waals surface area contributed by atoms with Crippen molar-refractivity contribution >= 4 is 34.8 Å². The van der Waals surface area contributed by atoms with Crippen LogP contribution in [0.4, 0.5) is 5.69 Å². The van der Waals surface area contributed by atoms with Gasteiger partial charge in [-0.2, -0.15) is 0 Å². The molecular formula is C13H16N4O5S. The maximum Gasteiger partial charge on any atom is 0.269 e. The van der Waals surface area contributed by atoms with Crippen LogP contribution in [-0.4, -0.2) is 35.1 Å². The van der Waals surface area contributed by atoms with Gasteiger partial charge in [-0.15, -0.1) is 0 Å². The quantitative estimate of drug-likeness (QED) is 0.301. The van der Waals surface area contributed by atoms with Crippen molar-refractivity contribution in [3.63, 3.8) is 0 Å².